The van der Waals surface area contributed by atoms with E-state index in [1.165, 1.54) is 0 Å². The molecule has 0 aliphatic rings. The minimum Gasteiger partial charge on any atom is -0.331 e. The molecule has 0 aliphatic carbocycles. The summed E-state index contributed by atoms with van der Waals surface area (Å²) in [6.45, 7) is 2.74. The van der Waals surface area contributed by atoms with Crippen LogP contribution < -0.4 is 0 Å². The molecule has 0 radical (unpaired) electrons. The Hall–Kier alpha value is -0.340. The maximum absolute atomic E-state index is 6.11. The third-order valence-electron chi connectivity index (χ3n) is 2.52. The molecule has 2 aromatic rings. The van der Waals surface area contributed by atoms with Crippen LogP contribution in [0.1, 0.15) is 6.92 Å². The van der Waals surface area contributed by atoms with E-state index in [0.717, 1.165) is 17.8 Å². The Balaban J connectivity index is 2.60. The van der Waals surface area contributed by atoms with Crippen LogP contribution in [-0.2, 0) is 6.54 Å². The van der Waals surface area contributed by atoms with Gasteiger partial charge in [0.15, 0.2) is 0 Å². The molecule has 90 valence electrons. The van der Waals surface area contributed by atoms with Gasteiger partial charge in [0, 0.05) is 6.54 Å². The van der Waals surface area contributed by atoms with Crippen LogP contribution in [0, 0.1) is 0 Å². The molecule has 0 aliphatic heterocycles. The van der Waals surface area contributed by atoms with Crippen molar-refractivity contribution in [3.05, 3.63) is 44.5 Å². The summed E-state index contributed by atoms with van der Waals surface area (Å²) in [6.07, 6.45) is 0. The summed E-state index contributed by atoms with van der Waals surface area (Å²) in [4.78, 5) is 0. The van der Waals surface area contributed by atoms with Crippen LogP contribution in [0.4, 0.5) is 0 Å². The number of nitrogens with zero attached hydrogens (tertiary/aromatic N) is 1. The molecule has 2 rings (SSSR count). The number of rotatable bonds is 2. The maximum atomic E-state index is 6.11. The van der Waals surface area contributed by atoms with Gasteiger partial charge in [-0.05, 0) is 30.7 Å². The second-order valence-electron chi connectivity index (χ2n) is 3.54. The highest BCUT2D eigenvalue weighted by Gasteiger charge is 2.13. The molecule has 0 saturated carbocycles. The Morgan fingerprint density at radius 3 is 2.24 bits per heavy atom. The van der Waals surface area contributed by atoms with Gasteiger partial charge in [0.05, 0.1) is 20.8 Å². The summed E-state index contributed by atoms with van der Waals surface area (Å²) in [5.74, 6) is 0. The molecule has 5 heteroatoms. The summed E-state index contributed by atoms with van der Waals surface area (Å²) >= 11 is 24.0. The quantitative estimate of drug-likeness (QED) is 0.662. The Morgan fingerprint density at radius 2 is 1.65 bits per heavy atom. The molecule has 1 aromatic heterocycles. The van der Waals surface area contributed by atoms with Crippen molar-refractivity contribution in [1.82, 2.24) is 4.57 Å². The van der Waals surface area contributed by atoms with E-state index in [0.29, 0.717) is 20.2 Å². The van der Waals surface area contributed by atoms with Crippen LogP contribution in [0.3, 0.4) is 0 Å². The van der Waals surface area contributed by atoms with Crippen molar-refractivity contribution in [2.24, 2.45) is 0 Å². The van der Waals surface area contributed by atoms with E-state index >= 15 is 0 Å². The number of hydrogen-bond acceptors (Lipinski definition) is 0. The lowest BCUT2D eigenvalue weighted by molar-refractivity contribution is 0.778. The Morgan fingerprint density at radius 1 is 0.941 bits per heavy atom. The van der Waals surface area contributed by atoms with Crippen LogP contribution in [0.5, 0.6) is 0 Å². The summed E-state index contributed by atoms with van der Waals surface area (Å²) < 4.78 is 1.92. The van der Waals surface area contributed by atoms with Gasteiger partial charge < -0.3 is 4.57 Å². The molecule has 1 heterocycles. The molecule has 0 bridgehead atoms. The van der Waals surface area contributed by atoms with Gasteiger partial charge in [-0.3, -0.25) is 0 Å². The van der Waals surface area contributed by atoms with Crippen molar-refractivity contribution >= 4 is 46.4 Å². The van der Waals surface area contributed by atoms with Crippen LogP contribution >= 0.6 is 46.4 Å². The molecule has 0 N–H and O–H groups in total. The Labute approximate surface area is 120 Å². The standard InChI is InChI=1S/C12H9Cl4N/c1-2-17-11(6-10(15)12(17)16)7-3-4-8(13)9(14)5-7/h3-6H,2H2,1H3. The largest absolute Gasteiger partial charge is 0.331 e. The lowest BCUT2D eigenvalue weighted by Gasteiger charge is -2.08. The van der Waals surface area contributed by atoms with Crippen molar-refractivity contribution in [1.29, 1.82) is 0 Å². The predicted octanol–water partition coefficient (Wildman–Crippen LogP) is 5.79. The van der Waals surface area contributed by atoms with E-state index in [9.17, 15) is 0 Å². The number of benzene rings is 1. The fourth-order valence-electron chi connectivity index (χ4n) is 1.70. The van der Waals surface area contributed by atoms with Gasteiger partial charge in [-0.1, -0.05) is 52.5 Å². The van der Waals surface area contributed by atoms with Crippen LogP contribution in [0.2, 0.25) is 20.2 Å². The highest BCUT2D eigenvalue weighted by Crippen LogP contribution is 2.35. The minimum absolute atomic E-state index is 0.514. The first-order chi connectivity index (χ1) is 8.04. The Bertz CT molecular complexity index is 560. The van der Waals surface area contributed by atoms with Gasteiger partial charge in [-0.25, -0.2) is 0 Å². The maximum Gasteiger partial charge on any atom is 0.128 e. The molecule has 0 atom stereocenters. The van der Waals surface area contributed by atoms with Gasteiger partial charge >= 0.3 is 0 Å². The average Bonchev–Trinajstić information content (AvgIpc) is 2.59. The fraction of sp³-hybridized carbons (Fsp3) is 0.167. The molecular weight excluding hydrogens is 300 g/mol. The number of aromatic nitrogens is 1. The third kappa shape index (κ3) is 2.43. The van der Waals surface area contributed by atoms with Crippen molar-refractivity contribution < 1.29 is 0 Å². The highest BCUT2D eigenvalue weighted by molar-refractivity contribution is 6.42. The molecule has 0 unspecified atom stereocenters. The summed E-state index contributed by atoms with van der Waals surface area (Å²) in [6, 6.07) is 7.28. The van der Waals surface area contributed by atoms with Gasteiger partial charge in [0.1, 0.15) is 5.15 Å². The second kappa shape index (κ2) is 5.11. The third-order valence-corrected chi connectivity index (χ3v) is 4.05. The summed E-state index contributed by atoms with van der Waals surface area (Å²) in [5.41, 5.74) is 1.87. The zero-order valence-corrected chi connectivity index (χ0v) is 12.0. The number of halogens is 4. The number of hydrogen-bond donors (Lipinski definition) is 0. The average molecular weight is 309 g/mol. The van der Waals surface area contributed by atoms with Crippen LogP contribution in [0.25, 0.3) is 11.3 Å². The molecule has 0 saturated heterocycles. The predicted molar refractivity (Wildman–Crippen MR) is 75.6 cm³/mol. The first-order valence-corrected chi connectivity index (χ1v) is 6.55. The molecule has 17 heavy (non-hydrogen) atoms. The molecule has 0 spiro atoms. The van der Waals surface area contributed by atoms with Gasteiger partial charge in [0.25, 0.3) is 0 Å². The van der Waals surface area contributed by atoms with Crippen LogP contribution in [-0.4, -0.2) is 4.57 Å². The van der Waals surface area contributed by atoms with Gasteiger partial charge in [-0.2, -0.15) is 0 Å². The summed E-state index contributed by atoms with van der Waals surface area (Å²) in [7, 11) is 0. The van der Waals surface area contributed by atoms with E-state index < -0.39 is 0 Å². The monoisotopic (exact) mass is 307 g/mol. The van der Waals surface area contributed by atoms with E-state index in [-0.39, 0.29) is 0 Å². The van der Waals surface area contributed by atoms with Crippen molar-refractivity contribution in [3.63, 3.8) is 0 Å². The molecule has 1 aromatic carbocycles. The lowest BCUT2D eigenvalue weighted by Crippen LogP contribution is -1.96. The SMILES string of the molecule is CCn1c(-c2ccc(Cl)c(Cl)c2)cc(Cl)c1Cl. The first kappa shape index (κ1) is 13.1. The molecule has 1 nitrogen and oxygen atoms in total. The van der Waals surface area contributed by atoms with Crippen molar-refractivity contribution in [3.8, 4) is 11.3 Å². The normalized spacial score (nSPS) is 10.9. The van der Waals surface area contributed by atoms with E-state index in [2.05, 4.69) is 0 Å². The topological polar surface area (TPSA) is 4.93 Å². The zero-order valence-electron chi connectivity index (χ0n) is 8.98. The molecule has 0 amide bonds. The van der Waals surface area contributed by atoms with Gasteiger partial charge in [-0.15, -0.1) is 0 Å². The summed E-state index contributed by atoms with van der Waals surface area (Å²) in [5, 5.41) is 2.12. The Kier molecular flexibility index (Phi) is 3.94. The minimum atomic E-state index is 0.514. The van der Waals surface area contributed by atoms with Crippen molar-refractivity contribution in [2.45, 2.75) is 13.5 Å². The lowest BCUT2D eigenvalue weighted by atomic mass is 10.1. The van der Waals surface area contributed by atoms with E-state index in [4.69, 9.17) is 46.4 Å². The highest BCUT2D eigenvalue weighted by atomic mass is 35.5. The van der Waals surface area contributed by atoms with E-state index in [1.807, 2.05) is 23.6 Å². The second-order valence-corrected chi connectivity index (χ2v) is 5.12. The van der Waals surface area contributed by atoms with Crippen molar-refractivity contribution in [2.75, 3.05) is 0 Å². The molecule has 0 fully saturated rings. The van der Waals surface area contributed by atoms with E-state index in [1.54, 1.807) is 12.1 Å². The first-order valence-electron chi connectivity index (χ1n) is 5.04. The van der Waals surface area contributed by atoms with Crippen LogP contribution in [0.15, 0.2) is 24.3 Å². The smallest absolute Gasteiger partial charge is 0.128 e. The zero-order chi connectivity index (χ0) is 12.6. The van der Waals surface area contributed by atoms with Gasteiger partial charge in [0.2, 0.25) is 0 Å². The fourth-order valence-corrected chi connectivity index (χ4v) is 2.46. The molecular formula is C12H9Cl4N.